The van der Waals surface area contributed by atoms with E-state index in [2.05, 4.69) is 204 Å². The summed E-state index contributed by atoms with van der Waals surface area (Å²) in [6, 6.07) is 0. The van der Waals surface area contributed by atoms with Gasteiger partial charge in [0.05, 0.1) is 0 Å². The summed E-state index contributed by atoms with van der Waals surface area (Å²) in [6.45, 7) is 41.5. The Hall–Kier alpha value is 7.48. The van der Waals surface area contributed by atoms with E-state index in [9.17, 15) is 0 Å². The molecule has 4 aliphatic rings. The number of hydrogen-bond donors (Lipinski definition) is 0. The summed E-state index contributed by atoms with van der Waals surface area (Å²) in [5.74, 6) is 9.35. The summed E-state index contributed by atoms with van der Waals surface area (Å²) in [4.78, 5) is 0. The molecule has 0 atom stereocenters. The number of hydrogen-bond acceptors (Lipinski definition) is 0. The zero-order valence-electron chi connectivity index (χ0n) is 42.4. The SMILES string of the molecule is C1CCCC1.C1CCCC1.CC(C)(C)C.CC(C)(C)C.CC1C(C)C(C)C(C)C1C.CC1C(C)C(C)C(C)C1C.[Br][Ti+]([Br])[Br].[Br][Ti+]([Br])[Br].[CH3-].[CH3-].[CH3-].[CH3-].[Cl][Ti+]([Cl])[Cl].[Cl][Ti+]([Cl])[Cl]. The zero-order chi connectivity index (χ0) is 46.2. The Morgan fingerprint density at radius 3 is 0.350 bits per heavy atom. The first-order valence-electron chi connectivity index (χ1n) is 20.4. The standard InChI is InChI=1S/2C10H20.2C5H10.2C5H12.4CH3.6BrH.6ClH.4Ti/c2*1-6-7(2)9(4)10(5)8(6)3;2*1-2-4-5-3-1;2*1-5(2,3)4;;;;;;;;;;;;;;;;;;;;/h2*6-10H,1-5H3;2*1-5H2;2*1-4H3;4*1H3;12*1H;;;;/q;;;;;;4*-1;;;;;;;;;;;;;4*+4/p-12. The van der Waals surface area contributed by atoms with Crippen LogP contribution in [-0.2, 0) is 52.6 Å². The summed E-state index contributed by atoms with van der Waals surface area (Å²) in [5, 5.41) is 0. The van der Waals surface area contributed by atoms with Crippen molar-refractivity contribution in [1.82, 2.24) is 0 Å². The van der Waals surface area contributed by atoms with E-state index >= 15 is 0 Å². The van der Waals surface area contributed by atoms with Gasteiger partial charge in [-0.1, -0.05) is 189 Å². The molecule has 4 aliphatic carbocycles. The molecule has 0 aromatic heterocycles. The minimum absolute atomic E-state index is 0. The third kappa shape index (κ3) is 82.4. The van der Waals surface area contributed by atoms with Crippen molar-refractivity contribution >= 4 is 135 Å². The minimum atomic E-state index is -1.92. The average Bonchev–Trinajstić information content (AvgIpc) is 3.82. The first-order valence-corrected chi connectivity index (χ1v) is 56.4. The molecule has 0 aromatic carbocycles. The normalized spacial score (nSPS) is 26.3. The number of rotatable bonds is 0. The number of halogens is 12. The molecule has 4 rings (SSSR count). The van der Waals surface area contributed by atoms with Crippen LogP contribution in [-0.4, -0.2) is 0 Å². The molecule has 0 bridgehead atoms. The summed E-state index contributed by atoms with van der Waals surface area (Å²) in [7, 11) is 29.8. The maximum absolute atomic E-state index is 4.97. The van der Waals surface area contributed by atoms with E-state index in [1.54, 1.807) is 0 Å². The Kier molecular flexibility index (Phi) is 83.9. The van der Waals surface area contributed by atoms with Crippen LogP contribution in [0.3, 0.4) is 0 Å². The predicted octanol–water partition coefficient (Wildman–Crippen LogP) is 25.4. The molecule has 0 spiro atoms. The first-order chi connectivity index (χ1) is 25.0. The molecular formula is C44H96Br6Cl6Ti4. The van der Waals surface area contributed by atoms with Crippen molar-refractivity contribution in [1.29, 1.82) is 0 Å². The topological polar surface area (TPSA) is 0 Å². The van der Waals surface area contributed by atoms with Crippen molar-refractivity contribution in [2.75, 3.05) is 0 Å². The van der Waals surface area contributed by atoms with E-state index in [0.29, 0.717) is 10.8 Å². The second-order valence-corrected chi connectivity index (χ2v) is 81.7. The quantitative estimate of drug-likeness (QED) is 0.168. The van der Waals surface area contributed by atoms with E-state index in [1.165, 1.54) is 64.2 Å². The van der Waals surface area contributed by atoms with Gasteiger partial charge in [-0.2, -0.15) is 0 Å². The fraction of sp³-hybridized carbons (Fsp3) is 0.909. The van der Waals surface area contributed by atoms with Gasteiger partial charge >= 0.3 is 187 Å². The molecular weight excluding hydrogens is 1410 g/mol. The van der Waals surface area contributed by atoms with Gasteiger partial charge in [0.1, 0.15) is 0 Å². The summed E-state index contributed by atoms with van der Waals surface area (Å²) in [5.41, 5.74) is 1.00. The molecule has 60 heavy (non-hydrogen) atoms. The summed E-state index contributed by atoms with van der Waals surface area (Å²) < 4.78 is 0. The third-order valence-electron chi connectivity index (χ3n) is 10.8. The van der Waals surface area contributed by atoms with Gasteiger partial charge in [0.25, 0.3) is 0 Å². The maximum atomic E-state index is 4.97. The average molecular weight is 1510 g/mol. The molecule has 0 amide bonds. The van der Waals surface area contributed by atoms with Crippen molar-refractivity contribution in [3.05, 3.63) is 29.7 Å². The second-order valence-electron chi connectivity index (χ2n) is 19.0. The molecule has 0 aliphatic heterocycles. The van der Waals surface area contributed by atoms with Crippen LogP contribution in [0.2, 0.25) is 0 Å². The van der Waals surface area contributed by atoms with Crippen LogP contribution in [0.4, 0.5) is 0 Å². The molecule has 0 nitrogen and oxygen atoms in total. The van der Waals surface area contributed by atoms with Crippen molar-refractivity contribution < 1.29 is 52.6 Å². The molecule has 0 aromatic rings. The monoisotopic (exact) mass is 1500 g/mol. The van der Waals surface area contributed by atoms with E-state index in [-0.39, 0.29) is 29.7 Å². The van der Waals surface area contributed by atoms with Gasteiger partial charge in [0.15, 0.2) is 0 Å². The van der Waals surface area contributed by atoms with Crippen molar-refractivity contribution in [3.8, 4) is 0 Å². The molecule has 0 N–H and O–H groups in total. The van der Waals surface area contributed by atoms with Gasteiger partial charge in [-0.05, 0) is 70.0 Å². The van der Waals surface area contributed by atoms with E-state index < -0.39 is 52.6 Å². The van der Waals surface area contributed by atoms with Gasteiger partial charge in [0.2, 0.25) is 0 Å². The van der Waals surface area contributed by atoms with Crippen LogP contribution in [0.15, 0.2) is 0 Å². The predicted molar refractivity (Wildman–Crippen MR) is 302 cm³/mol. The van der Waals surface area contributed by atoms with Crippen molar-refractivity contribution in [2.45, 2.75) is 189 Å². The van der Waals surface area contributed by atoms with E-state index in [0.717, 1.165) is 59.2 Å². The molecule has 4 fully saturated rings. The van der Waals surface area contributed by atoms with Crippen LogP contribution in [0.5, 0.6) is 0 Å². The van der Waals surface area contributed by atoms with Gasteiger partial charge in [-0.3, -0.25) is 0 Å². The second kappa shape index (κ2) is 55.8. The van der Waals surface area contributed by atoms with E-state index in [4.69, 9.17) is 55.8 Å². The van der Waals surface area contributed by atoms with Crippen LogP contribution in [0.25, 0.3) is 0 Å². The zero-order valence-corrected chi connectivity index (χ0v) is 62.7. The summed E-state index contributed by atoms with van der Waals surface area (Å²) >= 11 is 14.0. The Morgan fingerprint density at radius 2 is 0.317 bits per heavy atom. The molecule has 16 heteroatoms. The van der Waals surface area contributed by atoms with Gasteiger partial charge in [-0.15, -0.1) is 0 Å². The molecule has 0 unspecified atom stereocenters. The molecule has 0 radical (unpaired) electrons. The Bertz CT molecular complexity index is 604. The first kappa shape index (κ1) is 90.3. The summed E-state index contributed by atoms with van der Waals surface area (Å²) in [6.07, 6.45) is 15.0. The van der Waals surface area contributed by atoms with Crippen LogP contribution in [0, 0.1) is 99.7 Å². The fourth-order valence-corrected chi connectivity index (χ4v) is 6.56. The van der Waals surface area contributed by atoms with Gasteiger partial charge in [-0.25, -0.2) is 0 Å². The Labute approximate surface area is 468 Å². The third-order valence-corrected chi connectivity index (χ3v) is 10.8. The van der Waals surface area contributed by atoms with Gasteiger partial charge < -0.3 is 29.7 Å². The molecule has 0 heterocycles. The van der Waals surface area contributed by atoms with Gasteiger partial charge in [0, 0.05) is 0 Å². The van der Waals surface area contributed by atoms with Crippen LogP contribution < -0.4 is 0 Å². The molecule has 0 saturated heterocycles. The Balaban J connectivity index is -0.0000000588. The fourth-order valence-electron chi connectivity index (χ4n) is 6.56. The Morgan fingerprint density at radius 1 is 0.283 bits per heavy atom. The van der Waals surface area contributed by atoms with Crippen molar-refractivity contribution in [2.24, 2.45) is 70.0 Å². The molecule has 372 valence electrons. The van der Waals surface area contributed by atoms with Crippen LogP contribution >= 0.6 is 135 Å². The molecule has 4 saturated carbocycles. The van der Waals surface area contributed by atoms with Crippen LogP contribution in [0.1, 0.15) is 189 Å². The van der Waals surface area contributed by atoms with Crippen molar-refractivity contribution in [3.63, 3.8) is 0 Å². The van der Waals surface area contributed by atoms with E-state index in [1.807, 2.05) is 0 Å².